The summed E-state index contributed by atoms with van der Waals surface area (Å²) in [4.78, 5) is 65.6. The van der Waals surface area contributed by atoms with Crippen molar-refractivity contribution < 1.29 is 37.1 Å². The van der Waals surface area contributed by atoms with Crippen molar-refractivity contribution in [2.75, 3.05) is 26.7 Å². The molecule has 8 atom stereocenters. The summed E-state index contributed by atoms with van der Waals surface area (Å²) >= 11 is 1.23. The number of nitrogens with zero attached hydrogens (tertiary/aromatic N) is 4. The second kappa shape index (κ2) is 19.3. The molecule has 16 nitrogen and oxygen atoms in total. The fraction of sp³-hybridized carbons (Fsp3) is 0.721. The van der Waals surface area contributed by atoms with Crippen LogP contribution in [-0.4, -0.2) is 114 Å². The molecule has 2 aromatic rings. The van der Waals surface area contributed by atoms with Crippen molar-refractivity contribution in [2.24, 2.45) is 34.4 Å². The number of sulfonamides is 1. The minimum atomic E-state index is -3.88. The minimum absolute atomic E-state index is 0.0272. The Labute approximate surface area is 364 Å². The monoisotopic (exact) mass is 886 g/mol. The Morgan fingerprint density at radius 2 is 1.79 bits per heavy atom. The fourth-order valence-corrected chi connectivity index (χ4v) is 13.0. The lowest BCUT2D eigenvalue weighted by molar-refractivity contribution is -0.168. The van der Waals surface area contributed by atoms with Gasteiger partial charge in [-0.25, -0.2) is 23.2 Å². The van der Waals surface area contributed by atoms with Crippen LogP contribution in [0.2, 0.25) is 0 Å². The van der Waals surface area contributed by atoms with Crippen LogP contribution in [0, 0.1) is 23.7 Å². The van der Waals surface area contributed by atoms with E-state index in [1.807, 2.05) is 50.0 Å². The number of methoxy groups -OCH3 is 1. The molecule has 2 aliphatic carbocycles. The molecule has 18 heteroatoms. The highest BCUT2D eigenvalue weighted by atomic mass is 32.2. The molecule has 3 amide bonds. The Morgan fingerprint density at radius 1 is 1.07 bits per heavy atom. The summed E-state index contributed by atoms with van der Waals surface area (Å²) in [7, 11) is -2.23. The predicted molar refractivity (Wildman–Crippen MR) is 235 cm³/mol. The van der Waals surface area contributed by atoms with Crippen molar-refractivity contribution in [2.45, 2.75) is 147 Å². The van der Waals surface area contributed by atoms with Gasteiger partial charge in [-0.3, -0.25) is 29.1 Å². The molecular weight excluding hydrogens is 821 g/mol. The molecule has 1 aromatic heterocycles. The van der Waals surface area contributed by atoms with Crippen molar-refractivity contribution in [1.82, 2.24) is 30.4 Å². The number of ether oxygens (including phenoxy) is 2. The largest absolute Gasteiger partial charge is 0.444 e. The highest BCUT2D eigenvalue weighted by molar-refractivity contribution is 7.90. The molecule has 2 aliphatic heterocycles. The number of carbonyl (C=O) groups is 4. The van der Waals surface area contributed by atoms with E-state index in [4.69, 9.17) is 15.2 Å². The van der Waals surface area contributed by atoms with Gasteiger partial charge in [0.1, 0.15) is 17.2 Å². The van der Waals surface area contributed by atoms with Gasteiger partial charge in [-0.15, -0.1) is 11.3 Å². The highest BCUT2D eigenvalue weighted by Gasteiger charge is 2.55. The van der Waals surface area contributed by atoms with Gasteiger partial charge in [-0.1, -0.05) is 65.0 Å². The number of aliphatic imine (C=N–C) groups is 1. The number of nitrogens with one attached hydrogen (secondary N) is 3. The zero-order chi connectivity index (χ0) is 44.3. The number of thiazole rings is 1. The number of alkyl carbamates (subject to hydrolysis) is 1. The number of hydrazine groups is 1. The number of nitrogens with two attached hydrogens (primary N) is 1. The van der Waals surface area contributed by atoms with Gasteiger partial charge in [-0.05, 0) is 95.1 Å². The Balaban J connectivity index is 1.18. The number of hydrogen-bond acceptors (Lipinski definition) is 12. The molecule has 6 rings (SSSR count). The molecule has 338 valence electrons. The van der Waals surface area contributed by atoms with Crippen LogP contribution in [0.25, 0.3) is 10.2 Å². The second-order valence-electron chi connectivity index (χ2n) is 18.7. The molecule has 3 heterocycles. The third kappa shape index (κ3) is 10.8. The molecule has 5 unspecified atom stereocenters. The lowest BCUT2D eigenvalue weighted by Gasteiger charge is -2.47. The first kappa shape index (κ1) is 46.6. The van der Waals surface area contributed by atoms with Gasteiger partial charge in [0.15, 0.2) is 5.01 Å². The molecule has 0 spiro atoms. The molecule has 5 N–H and O–H groups in total. The molecular formula is C43H66N8O8S2. The lowest BCUT2D eigenvalue weighted by Crippen LogP contribution is -2.69. The topological polar surface area (TPSA) is 215 Å². The quantitative estimate of drug-likeness (QED) is 0.0845. The molecule has 2 saturated carbocycles. The van der Waals surface area contributed by atoms with Crippen LogP contribution < -0.4 is 21.1 Å². The maximum atomic E-state index is 14.8. The molecule has 0 bridgehead atoms. The Kier molecular flexibility index (Phi) is 14.7. The van der Waals surface area contributed by atoms with Gasteiger partial charge in [0.2, 0.25) is 27.7 Å². The van der Waals surface area contributed by atoms with Gasteiger partial charge in [-0.2, -0.15) is 0 Å². The van der Waals surface area contributed by atoms with Crippen molar-refractivity contribution >= 4 is 61.2 Å². The van der Waals surface area contributed by atoms with Crippen LogP contribution >= 0.6 is 11.3 Å². The normalized spacial score (nSPS) is 28.6. The SMILES string of the molecule is COC1CC(C)C(S(=O)(=O)NC(N)=NCCC[C@H](NC(=O)[C@@H]2CCN3CC[C@](CC4CCCCC4)(NC(=O)OC(C)(C)C)C(=O)N23)C(=O)c2nc3ccccc3s2)C(C)C1C. The molecule has 4 fully saturated rings. The third-order valence-corrected chi connectivity index (χ3v) is 16.3. The molecule has 2 saturated heterocycles. The number of carbonyl (C=O) groups excluding carboxylic acids is 4. The third-order valence-electron chi connectivity index (χ3n) is 13.2. The van der Waals surface area contributed by atoms with E-state index in [9.17, 15) is 27.6 Å². The van der Waals surface area contributed by atoms with Crippen LogP contribution in [-0.2, 0) is 29.1 Å². The van der Waals surface area contributed by atoms with Crippen molar-refractivity contribution in [3.63, 3.8) is 0 Å². The molecule has 1 aromatic carbocycles. The summed E-state index contributed by atoms with van der Waals surface area (Å²) in [5.41, 5.74) is 4.79. The number of benzene rings is 1. The van der Waals surface area contributed by atoms with Gasteiger partial charge in [0.25, 0.3) is 5.91 Å². The lowest BCUT2D eigenvalue weighted by atomic mass is 9.74. The first-order chi connectivity index (χ1) is 28.8. The van der Waals surface area contributed by atoms with Gasteiger partial charge in [0.05, 0.1) is 27.6 Å². The minimum Gasteiger partial charge on any atom is -0.444 e. The zero-order valence-electron chi connectivity index (χ0n) is 36.8. The van der Waals surface area contributed by atoms with Crippen LogP contribution in [0.1, 0.15) is 122 Å². The summed E-state index contributed by atoms with van der Waals surface area (Å²) in [5, 5.41) is 8.89. The van der Waals surface area contributed by atoms with Crippen LogP contribution in [0.15, 0.2) is 29.3 Å². The van der Waals surface area contributed by atoms with Crippen molar-refractivity contribution in [1.29, 1.82) is 0 Å². The van der Waals surface area contributed by atoms with Gasteiger partial charge in [0, 0.05) is 26.7 Å². The summed E-state index contributed by atoms with van der Waals surface area (Å²) < 4.78 is 41.7. The molecule has 4 aliphatic rings. The fourth-order valence-electron chi connectivity index (χ4n) is 9.99. The maximum absolute atomic E-state index is 14.8. The van der Waals surface area contributed by atoms with Crippen molar-refractivity contribution in [3.8, 4) is 0 Å². The number of ketones is 1. The Morgan fingerprint density at radius 3 is 2.48 bits per heavy atom. The van der Waals surface area contributed by atoms with E-state index in [0.717, 1.165) is 36.8 Å². The van der Waals surface area contributed by atoms with E-state index >= 15 is 0 Å². The number of amides is 3. The summed E-state index contributed by atoms with van der Waals surface area (Å²) in [6.07, 6.45) is 6.70. The molecule has 0 radical (unpaired) electrons. The highest BCUT2D eigenvalue weighted by Crippen LogP contribution is 2.40. The maximum Gasteiger partial charge on any atom is 0.408 e. The average molecular weight is 887 g/mol. The van der Waals surface area contributed by atoms with E-state index in [1.54, 1.807) is 27.9 Å². The van der Waals surface area contributed by atoms with E-state index in [1.165, 1.54) is 16.3 Å². The van der Waals surface area contributed by atoms with Crippen LogP contribution in [0.5, 0.6) is 0 Å². The predicted octanol–water partition coefficient (Wildman–Crippen LogP) is 5.13. The zero-order valence-corrected chi connectivity index (χ0v) is 38.4. The summed E-state index contributed by atoms with van der Waals surface area (Å²) in [6, 6.07) is 5.46. The first-order valence-corrected chi connectivity index (χ1v) is 24.3. The van der Waals surface area contributed by atoms with E-state index in [2.05, 4.69) is 25.3 Å². The average Bonchev–Trinajstić information content (AvgIpc) is 3.83. The number of rotatable bonds is 14. The smallest absolute Gasteiger partial charge is 0.408 e. The molecule has 61 heavy (non-hydrogen) atoms. The Hall–Kier alpha value is -3.87. The number of aromatic nitrogens is 1. The number of fused-ring (bicyclic) bond motifs is 2. The second-order valence-corrected chi connectivity index (χ2v) is 21.6. The standard InChI is InChI=1S/C43H66N8O8S2/c1-26-24-33(58-7)27(2)28(3)36(26)61(56,57)49-40(44)45-21-13-17-31(35(52)38-47-30-16-11-12-18-34(30)60-38)46-37(53)32-19-22-50-23-20-43(39(54)51(32)50,25-29-14-9-8-10-15-29)48-41(55)59-42(4,5)6/h11-12,16,18,26-29,31-33,36H,8-10,13-15,17,19-25H2,1-7H3,(H,46,53)(H,48,55)(H3,44,45,49)/t26?,27?,28?,31-,32-,33?,36?,43+/m0/s1. The summed E-state index contributed by atoms with van der Waals surface area (Å²) in [6.45, 7) is 12.1. The number of guanidine groups is 1. The summed E-state index contributed by atoms with van der Waals surface area (Å²) in [5.74, 6) is -1.54. The van der Waals surface area contributed by atoms with E-state index in [0.29, 0.717) is 44.3 Å². The first-order valence-electron chi connectivity index (χ1n) is 22.0. The van der Waals surface area contributed by atoms with Crippen molar-refractivity contribution in [3.05, 3.63) is 29.3 Å². The van der Waals surface area contributed by atoms with Gasteiger partial charge < -0.3 is 25.8 Å². The van der Waals surface area contributed by atoms with E-state index in [-0.39, 0.29) is 71.8 Å². The Bertz CT molecular complexity index is 2020. The van der Waals surface area contributed by atoms with E-state index < -0.39 is 50.5 Å². The number of hydrogen-bond donors (Lipinski definition) is 4. The number of para-hydroxylation sites is 1. The van der Waals surface area contributed by atoms with Crippen LogP contribution in [0.4, 0.5) is 4.79 Å². The van der Waals surface area contributed by atoms with Crippen LogP contribution in [0.3, 0.4) is 0 Å². The van der Waals surface area contributed by atoms with Gasteiger partial charge >= 0.3 is 6.09 Å². The number of Topliss-reactive ketones (excluding diaryl/α,β-unsaturated/α-hetero) is 1.